The summed E-state index contributed by atoms with van der Waals surface area (Å²) < 4.78 is 5.29. The van der Waals surface area contributed by atoms with Crippen LogP contribution in [0.2, 0.25) is 5.02 Å². The molecule has 0 bridgehead atoms. The zero-order valence-corrected chi connectivity index (χ0v) is 13.7. The third-order valence-electron chi connectivity index (χ3n) is 3.06. The number of hydrogen-bond donors (Lipinski definition) is 2. The topological polar surface area (TPSA) is 45.6 Å². The molecule has 0 radical (unpaired) electrons. The van der Waals surface area contributed by atoms with Gasteiger partial charge in [0, 0.05) is 38.4 Å². The maximum absolute atomic E-state index is 6.13. The van der Waals surface area contributed by atoms with Gasteiger partial charge >= 0.3 is 0 Å². The molecule has 0 saturated carbocycles. The average Bonchev–Trinajstić information content (AvgIpc) is 2.50. The monoisotopic (exact) mass is 311 g/mol. The number of benzene rings is 1. The van der Waals surface area contributed by atoms with Crippen LogP contribution in [0.25, 0.3) is 0 Å². The minimum atomic E-state index is 0.773. The SMILES string of the molecule is CCOCCCNC(=NC)NCCCc1ccccc1Cl. The molecule has 1 aromatic rings. The van der Waals surface area contributed by atoms with Crippen LogP contribution in [-0.2, 0) is 11.2 Å². The minimum absolute atomic E-state index is 0.773. The van der Waals surface area contributed by atoms with Gasteiger partial charge in [-0.2, -0.15) is 0 Å². The van der Waals surface area contributed by atoms with Crippen LogP contribution in [0.1, 0.15) is 25.3 Å². The van der Waals surface area contributed by atoms with E-state index in [9.17, 15) is 0 Å². The smallest absolute Gasteiger partial charge is 0.190 e. The second-order valence-corrected chi connectivity index (χ2v) is 5.08. The second-order valence-electron chi connectivity index (χ2n) is 4.67. The van der Waals surface area contributed by atoms with Crippen LogP contribution in [-0.4, -0.2) is 39.3 Å². The maximum atomic E-state index is 6.13. The Morgan fingerprint density at radius 1 is 1.19 bits per heavy atom. The lowest BCUT2D eigenvalue weighted by Gasteiger charge is -2.12. The Balaban J connectivity index is 2.14. The lowest BCUT2D eigenvalue weighted by atomic mass is 10.1. The standard InChI is InChI=1S/C16H26ClN3O/c1-3-21-13-7-12-20-16(18-2)19-11-6-9-14-8-4-5-10-15(14)17/h4-5,8,10H,3,6-7,9,11-13H2,1-2H3,(H2,18,19,20). The Labute approximate surface area is 132 Å². The van der Waals surface area contributed by atoms with Crippen molar-refractivity contribution in [3.05, 3.63) is 34.9 Å². The molecular weight excluding hydrogens is 286 g/mol. The molecule has 4 nitrogen and oxygen atoms in total. The molecule has 0 unspecified atom stereocenters. The maximum Gasteiger partial charge on any atom is 0.190 e. The quantitative estimate of drug-likeness (QED) is 0.419. The summed E-state index contributed by atoms with van der Waals surface area (Å²) >= 11 is 6.13. The van der Waals surface area contributed by atoms with Crippen LogP contribution in [0, 0.1) is 0 Å². The molecule has 21 heavy (non-hydrogen) atoms. The third-order valence-corrected chi connectivity index (χ3v) is 3.43. The van der Waals surface area contributed by atoms with Crippen molar-refractivity contribution in [2.75, 3.05) is 33.4 Å². The van der Waals surface area contributed by atoms with E-state index >= 15 is 0 Å². The molecule has 0 aliphatic rings. The highest BCUT2D eigenvalue weighted by atomic mass is 35.5. The van der Waals surface area contributed by atoms with Gasteiger partial charge in [0.25, 0.3) is 0 Å². The molecule has 0 heterocycles. The molecule has 0 saturated heterocycles. The molecule has 5 heteroatoms. The van der Waals surface area contributed by atoms with Gasteiger partial charge in [0.2, 0.25) is 0 Å². The van der Waals surface area contributed by atoms with E-state index in [2.05, 4.69) is 21.7 Å². The number of rotatable bonds is 9. The number of halogens is 1. The number of nitrogens with zero attached hydrogens (tertiary/aromatic N) is 1. The first-order chi connectivity index (χ1) is 10.3. The summed E-state index contributed by atoms with van der Waals surface area (Å²) in [6, 6.07) is 7.98. The number of ether oxygens (including phenoxy) is 1. The lowest BCUT2D eigenvalue weighted by molar-refractivity contribution is 0.145. The third kappa shape index (κ3) is 7.93. The van der Waals surface area contributed by atoms with E-state index in [1.165, 1.54) is 5.56 Å². The number of nitrogens with one attached hydrogen (secondary N) is 2. The first-order valence-electron chi connectivity index (χ1n) is 7.53. The van der Waals surface area contributed by atoms with E-state index in [0.717, 1.165) is 56.5 Å². The summed E-state index contributed by atoms with van der Waals surface area (Å²) in [5.41, 5.74) is 1.20. The van der Waals surface area contributed by atoms with Gasteiger partial charge in [-0.25, -0.2) is 0 Å². The van der Waals surface area contributed by atoms with Crippen molar-refractivity contribution in [1.29, 1.82) is 0 Å². The van der Waals surface area contributed by atoms with Crippen LogP contribution in [0.3, 0.4) is 0 Å². The van der Waals surface area contributed by atoms with Crippen molar-refractivity contribution in [1.82, 2.24) is 10.6 Å². The predicted molar refractivity (Wildman–Crippen MR) is 90.2 cm³/mol. The first-order valence-corrected chi connectivity index (χ1v) is 7.91. The molecule has 0 aliphatic carbocycles. The van der Waals surface area contributed by atoms with Crippen molar-refractivity contribution in [3.63, 3.8) is 0 Å². The van der Waals surface area contributed by atoms with Gasteiger partial charge in [-0.05, 0) is 37.8 Å². The number of aryl methyl sites for hydroxylation is 1. The summed E-state index contributed by atoms with van der Waals surface area (Å²) in [4.78, 5) is 4.20. The van der Waals surface area contributed by atoms with E-state index < -0.39 is 0 Å². The Bertz CT molecular complexity index is 424. The van der Waals surface area contributed by atoms with Crippen molar-refractivity contribution in [3.8, 4) is 0 Å². The first kappa shape index (κ1) is 17.8. The van der Waals surface area contributed by atoms with Crippen LogP contribution in [0.5, 0.6) is 0 Å². The highest BCUT2D eigenvalue weighted by molar-refractivity contribution is 6.31. The minimum Gasteiger partial charge on any atom is -0.382 e. The molecule has 0 atom stereocenters. The molecule has 0 aliphatic heterocycles. The largest absolute Gasteiger partial charge is 0.382 e. The summed E-state index contributed by atoms with van der Waals surface area (Å²) in [5.74, 6) is 0.839. The van der Waals surface area contributed by atoms with Crippen molar-refractivity contribution in [2.45, 2.75) is 26.2 Å². The molecule has 0 amide bonds. The molecule has 0 aromatic heterocycles. The Hall–Kier alpha value is -1.26. The number of guanidine groups is 1. The zero-order valence-electron chi connectivity index (χ0n) is 13.0. The van der Waals surface area contributed by atoms with Crippen LogP contribution in [0.4, 0.5) is 0 Å². The van der Waals surface area contributed by atoms with E-state index in [1.54, 1.807) is 7.05 Å². The fourth-order valence-corrected chi connectivity index (χ4v) is 2.16. The summed E-state index contributed by atoms with van der Waals surface area (Å²) in [6.07, 6.45) is 2.96. The van der Waals surface area contributed by atoms with E-state index in [0.29, 0.717) is 0 Å². The molecule has 1 rings (SSSR count). The van der Waals surface area contributed by atoms with Gasteiger partial charge in [-0.3, -0.25) is 4.99 Å². The fraction of sp³-hybridized carbons (Fsp3) is 0.562. The van der Waals surface area contributed by atoms with Crippen LogP contribution >= 0.6 is 11.6 Å². The summed E-state index contributed by atoms with van der Waals surface area (Å²) in [7, 11) is 1.78. The summed E-state index contributed by atoms with van der Waals surface area (Å²) in [6.45, 7) is 5.30. The Kier molecular flexibility index (Phi) is 9.66. The average molecular weight is 312 g/mol. The number of hydrogen-bond acceptors (Lipinski definition) is 2. The van der Waals surface area contributed by atoms with Gasteiger partial charge in [0.15, 0.2) is 5.96 Å². The van der Waals surface area contributed by atoms with Crippen LogP contribution in [0.15, 0.2) is 29.3 Å². The van der Waals surface area contributed by atoms with Gasteiger partial charge in [0.1, 0.15) is 0 Å². The lowest BCUT2D eigenvalue weighted by Crippen LogP contribution is -2.38. The van der Waals surface area contributed by atoms with E-state index in [4.69, 9.17) is 16.3 Å². The molecule has 0 spiro atoms. The van der Waals surface area contributed by atoms with E-state index in [1.807, 2.05) is 25.1 Å². The van der Waals surface area contributed by atoms with Gasteiger partial charge < -0.3 is 15.4 Å². The van der Waals surface area contributed by atoms with Crippen molar-refractivity contribution in [2.24, 2.45) is 4.99 Å². The van der Waals surface area contributed by atoms with Crippen molar-refractivity contribution >= 4 is 17.6 Å². The molecular formula is C16H26ClN3O. The fourth-order valence-electron chi connectivity index (χ4n) is 1.93. The molecule has 0 fully saturated rings. The zero-order chi connectivity index (χ0) is 15.3. The second kappa shape index (κ2) is 11.4. The molecule has 2 N–H and O–H groups in total. The summed E-state index contributed by atoms with van der Waals surface area (Å²) in [5, 5.41) is 7.42. The van der Waals surface area contributed by atoms with E-state index in [-0.39, 0.29) is 0 Å². The van der Waals surface area contributed by atoms with Gasteiger partial charge in [0.05, 0.1) is 0 Å². The van der Waals surface area contributed by atoms with Crippen LogP contribution < -0.4 is 10.6 Å². The number of aliphatic imine (C=N–C) groups is 1. The highest BCUT2D eigenvalue weighted by Gasteiger charge is 2.00. The Morgan fingerprint density at radius 3 is 2.57 bits per heavy atom. The predicted octanol–water partition coefficient (Wildman–Crippen LogP) is 2.86. The molecule has 1 aromatic carbocycles. The normalized spacial score (nSPS) is 11.5. The highest BCUT2D eigenvalue weighted by Crippen LogP contribution is 2.16. The van der Waals surface area contributed by atoms with Gasteiger partial charge in [-0.1, -0.05) is 29.8 Å². The van der Waals surface area contributed by atoms with Crippen molar-refractivity contribution < 1.29 is 4.74 Å². The Morgan fingerprint density at radius 2 is 1.90 bits per heavy atom. The molecule has 118 valence electrons. The van der Waals surface area contributed by atoms with Gasteiger partial charge in [-0.15, -0.1) is 0 Å².